The quantitative estimate of drug-likeness (QED) is 0.740. The Morgan fingerprint density at radius 3 is 2.86 bits per heavy atom. The van der Waals surface area contributed by atoms with Gasteiger partial charge in [-0.3, -0.25) is 4.79 Å². The standard InChI is InChI=1S/C23H23N3O2/c27-22(25-16-5-2-1-3-6-16)15-26-19-11-13-24-12-10-17(19)23-18-7-4-14-28-21(18)9-8-20(23)26/h1-9,24H,10-15H2,(H,25,27). The van der Waals surface area contributed by atoms with Crippen molar-refractivity contribution in [2.45, 2.75) is 19.4 Å². The SMILES string of the molecule is O=C(Cn1c2c(c3c4c(ccc31)OCC=C4)CCNCC2)Nc1ccccc1. The number of para-hydroxylation sites is 1. The first kappa shape index (κ1) is 17.1. The Morgan fingerprint density at radius 2 is 1.96 bits per heavy atom. The zero-order valence-electron chi connectivity index (χ0n) is 15.7. The summed E-state index contributed by atoms with van der Waals surface area (Å²) in [5, 5.41) is 7.73. The van der Waals surface area contributed by atoms with Crippen molar-refractivity contribution in [3.05, 3.63) is 65.4 Å². The minimum atomic E-state index is -0.00683. The van der Waals surface area contributed by atoms with Gasteiger partial charge in [-0.05, 0) is 48.9 Å². The average molecular weight is 373 g/mol. The normalized spacial score (nSPS) is 15.4. The Balaban J connectivity index is 1.59. The van der Waals surface area contributed by atoms with Gasteiger partial charge in [-0.2, -0.15) is 0 Å². The molecule has 2 aliphatic rings. The van der Waals surface area contributed by atoms with Crippen molar-refractivity contribution in [2.24, 2.45) is 0 Å². The van der Waals surface area contributed by atoms with Crippen molar-refractivity contribution >= 4 is 28.6 Å². The van der Waals surface area contributed by atoms with Crippen molar-refractivity contribution < 1.29 is 9.53 Å². The van der Waals surface area contributed by atoms with Gasteiger partial charge in [0.2, 0.25) is 5.91 Å². The summed E-state index contributed by atoms with van der Waals surface area (Å²) in [5.74, 6) is 0.925. The number of fused-ring (bicyclic) bond motifs is 5. The summed E-state index contributed by atoms with van der Waals surface area (Å²) in [6, 6.07) is 13.8. The van der Waals surface area contributed by atoms with Crippen LogP contribution in [0.5, 0.6) is 5.75 Å². The number of hydrogen-bond acceptors (Lipinski definition) is 3. The predicted molar refractivity (Wildman–Crippen MR) is 112 cm³/mol. The molecule has 0 fully saturated rings. The lowest BCUT2D eigenvalue weighted by molar-refractivity contribution is -0.116. The van der Waals surface area contributed by atoms with Crippen LogP contribution < -0.4 is 15.4 Å². The third-order valence-electron chi connectivity index (χ3n) is 5.52. The van der Waals surface area contributed by atoms with E-state index in [0.29, 0.717) is 13.2 Å². The number of amides is 1. The Bertz CT molecular complexity index is 1070. The van der Waals surface area contributed by atoms with Crippen LogP contribution in [0.1, 0.15) is 16.8 Å². The molecule has 2 N–H and O–H groups in total. The van der Waals surface area contributed by atoms with E-state index in [0.717, 1.165) is 48.4 Å². The van der Waals surface area contributed by atoms with Crippen LogP contribution in [0.15, 0.2) is 48.5 Å². The second-order valence-electron chi connectivity index (χ2n) is 7.26. The zero-order chi connectivity index (χ0) is 18.9. The molecule has 2 aromatic carbocycles. The maximum Gasteiger partial charge on any atom is 0.244 e. The topological polar surface area (TPSA) is 55.3 Å². The molecule has 0 saturated heterocycles. The highest BCUT2D eigenvalue weighted by atomic mass is 16.5. The Morgan fingerprint density at radius 1 is 1.11 bits per heavy atom. The highest BCUT2D eigenvalue weighted by molar-refractivity contribution is 5.98. The lowest BCUT2D eigenvalue weighted by Crippen LogP contribution is -2.21. The van der Waals surface area contributed by atoms with E-state index in [4.69, 9.17) is 4.74 Å². The zero-order valence-corrected chi connectivity index (χ0v) is 15.7. The summed E-state index contributed by atoms with van der Waals surface area (Å²) in [5.41, 5.74) is 5.69. The van der Waals surface area contributed by atoms with Crippen molar-refractivity contribution in [3.63, 3.8) is 0 Å². The van der Waals surface area contributed by atoms with Gasteiger partial charge in [0, 0.05) is 40.8 Å². The van der Waals surface area contributed by atoms with E-state index in [1.54, 1.807) is 0 Å². The molecule has 5 rings (SSSR count). The monoisotopic (exact) mass is 373 g/mol. The van der Waals surface area contributed by atoms with Crippen LogP contribution in [0.3, 0.4) is 0 Å². The highest BCUT2D eigenvalue weighted by Crippen LogP contribution is 2.37. The van der Waals surface area contributed by atoms with Crippen molar-refractivity contribution in [2.75, 3.05) is 25.0 Å². The first-order chi connectivity index (χ1) is 13.8. The van der Waals surface area contributed by atoms with Crippen molar-refractivity contribution in [3.8, 4) is 5.75 Å². The minimum absolute atomic E-state index is 0.00683. The molecule has 142 valence electrons. The van der Waals surface area contributed by atoms with Crippen LogP contribution >= 0.6 is 0 Å². The van der Waals surface area contributed by atoms with Gasteiger partial charge in [0.15, 0.2) is 0 Å². The molecule has 1 amide bonds. The molecule has 0 radical (unpaired) electrons. The van der Waals surface area contributed by atoms with E-state index in [9.17, 15) is 4.79 Å². The number of nitrogens with one attached hydrogen (secondary N) is 2. The number of carbonyl (C=O) groups excluding carboxylic acids is 1. The third-order valence-corrected chi connectivity index (χ3v) is 5.52. The summed E-state index contributed by atoms with van der Waals surface area (Å²) < 4.78 is 8.03. The van der Waals surface area contributed by atoms with Gasteiger partial charge in [0.05, 0.1) is 0 Å². The molecular formula is C23H23N3O2. The molecule has 5 heteroatoms. The Hall–Kier alpha value is -3.05. The number of ether oxygens (including phenoxy) is 1. The van der Waals surface area contributed by atoms with Gasteiger partial charge >= 0.3 is 0 Å². The molecule has 1 aromatic heterocycles. The Labute approximate surface area is 164 Å². The number of rotatable bonds is 3. The van der Waals surface area contributed by atoms with Gasteiger partial charge in [0.25, 0.3) is 0 Å². The molecule has 0 unspecified atom stereocenters. The molecule has 0 aliphatic carbocycles. The first-order valence-corrected chi connectivity index (χ1v) is 9.83. The fourth-order valence-corrected chi connectivity index (χ4v) is 4.33. The lowest BCUT2D eigenvalue weighted by atomic mass is 10.00. The van der Waals surface area contributed by atoms with Crippen LogP contribution in [0.2, 0.25) is 0 Å². The molecule has 5 nitrogen and oxygen atoms in total. The van der Waals surface area contributed by atoms with E-state index in [-0.39, 0.29) is 5.91 Å². The largest absolute Gasteiger partial charge is 0.489 e. The van der Waals surface area contributed by atoms with E-state index in [1.165, 1.54) is 16.6 Å². The smallest absolute Gasteiger partial charge is 0.244 e. The van der Waals surface area contributed by atoms with Crippen LogP contribution in [0, 0.1) is 0 Å². The number of nitrogens with zero attached hydrogens (tertiary/aromatic N) is 1. The number of carbonyl (C=O) groups is 1. The van der Waals surface area contributed by atoms with Crippen LogP contribution in [-0.2, 0) is 24.2 Å². The molecular weight excluding hydrogens is 350 g/mol. The summed E-state index contributed by atoms with van der Waals surface area (Å²) in [4.78, 5) is 12.8. The fourth-order valence-electron chi connectivity index (χ4n) is 4.33. The Kier molecular flexibility index (Phi) is 4.37. The minimum Gasteiger partial charge on any atom is -0.489 e. The van der Waals surface area contributed by atoms with Gasteiger partial charge in [-0.1, -0.05) is 24.3 Å². The highest BCUT2D eigenvalue weighted by Gasteiger charge is 2.24. The molecule has 3 heterocycles. The van der Waals surface area contributed by atoms with Gasteiger partial charge in [0.1, 0.15) is 18.9 Å². The second-order valence-corrected chi connectivity index (χ2v) is 7.26. The summed E-state index contributed by atoms with van der Waals surface area (Å²) >= 11 is 0. The number of hydrogen-bond donors (Lipinski definition) is 2. The van der Waals surface area contributed by atoms with E-state index >= 15 is 0 Å². The number of aromatic nitrogens is 1. The summed E-state index contributed by atoms with van der Waals surface area (Å²) in [7, 11) is 0. The molecule has 0 spiro atoms. The predicted octanol–water partition coefficient (Wildman–Crippen LogP) is 3.37. The molecule has 0 atom stereocenters. The summed E-state index contributed by atoms with van der Waals surface area (Å²) in [6.45, 7) is 2.81. The van der Waals surface area contributed by atoms with Crippen LogP contribution in [-0.4, -0.2) is 30.2 Å². The molecule has 28 heavy (non-hydrogen) atoms. The first-order valence-electron chi connectivity index (χ1n) is 9.83. The molecule has 2 aliphatic heterocycles. The van der Waals surface area contributed by atoms with E-state index in [2.05, 4.69) is 33.4 Å². The van der Waals surface area contributed by atoms with Crippen molar-refractivity contribution in [1.29, 1.82) is 0 Å². The van der Waals surface area contributed by atoms with Gasteiger partial charge < -0.3 is 19.9 Å². The van der Waals surface area contributed by atoms with Crippen molar-refractivity contribution in [1.82, 2.24) is 9.88 Å². The number of anilines is 1. The van der Waals surface area contributed by atoms with E-state index in [1.807, 2.05) is 36.4 Å². The third kappa shape index (κ3) is 2.98. The van der Waals surface area contributed by atoms with E-state index < -0.39 is 0 Å². The molecule has 0 bridgehead atoms. The van der Waals surface area contributed by atoms with Gasteiger partial charge in [-0.15, -0.1) is 0 Å². The maximum absolute atomic E-state index is 12.8. The number of benzene rings is 2. The second kappa shape index (κ2) is 7.17. The maximum atomic E-state index is 12.8. The summed E-state index contributed by atoms with van der Waals surface area (Å²) in [6.07, 6.45) is 6.10. The molecule has 3 aromatic rings. The lowest BCUT2D eigenvalue weighted by Gasteiger charge is -2.15. The van der Waals surface area contributed by atoms with Crippen LogP contribution in [0.25, 0.3) is 17.0 Å². The molecule has 0 saturated carbocycles. The van der Waals surface area contributed by atoms with Gasteiger partial charge in [-0.25, -0.2) is 0 Å². The van der Waals surface area contributed by atoms with Crippen LogP contribution in [0.4, 0.5) is 5.69 Å². The fraction of sp³-hybridized carbons (Fsp3) is 0.261. The average Bonchev–Trinajstić information content (AvgIpc) is 2.87.